The van der Waals surface area contributed by atoms with Crippen LogP contribution in [0.15, 0.2) is 35.6 Å². The lowest BCUT2D eigenvalue weighted by atomic mass is 9.84. The summed E-state index contributed by atoms with van der Waals surface area (Å²) >= 11 is 0. The first-order valence-corrected chi connectivity index (χ1v) is 7.04. The minimum atomic E-state index is -0.265. The highest BCUT2D eigenvalue weighted by molar-refractivity contribution is 5.89. The highest BCUT2D eigenvalue weighted by Crippen LogP contribution is 2.40. The predicted molar refractivity (Wildman–Crippen MR) is 74.4 cm³/mol. The minimum Gasteiger partial charge on any atom is -0.500 e. The molecule has 1 heterocycles. The third kappa shape index (κ3) is 3.09. The minimum absolute atomic E-state index is 0.229. The van der Waals surface area contributed by atoms with Gasteiger partial charge in [-0.25, -0.2) is 4.79 Å². The summed E-state index contributed by atoms with van der Waals surface area (Å²) in [4.78, 5) is 11.7. The summed E-state index contributed by atoms with van der Waals surface area (Å²) in [6, 6.07) is 0. The molecule has 0 spiro atoms. The molecule has 0 aromatic heterocycles. The fraction of sp³-hybridized carbons (Fsp3) is 0.562. The van der Waals surface area contributed by atoms with Gasteiger partial charge in [-0.05, 0) is 18.4 Å². The summed E-state index contributed by atoms with van der Waals surface area (Å²) in [6.45, 7) is 2.86. The first-order valence-electron chi connectivity index (χ1n) is 7.04. The Labute approximate surface area is 115 Å². The fourth-order valence-corrected chi connectivity index (χ4v) is 2.75. The van der Waals surface area contributed by atoms with E-state index in [9.17, 15) is 4.79 Å². The third-order valence-electron chi connectivity index (χ3n) is 3.86. The van der Waals surface area contributed by atoms with Crippen molar-refractivity contribution in [2.24, 2.45) is 11.8 Å². The molecule has 3 heteroatoms. The number of esters is 1. The normalized spacial score (nSPS) is 25.6. The number of carbonyl (C=O) groups excluding carboxylic acids is 1. The maximum absolute atomic E-state index is 11.7. The quantitative estimate of drug-likeness (QED) is 0.563. The predicted octanol–water partition coefficient (Wildman–Crippen LogP) is 3.38. The van der Waals surface area contributed by atoms with Gasteiger partial charge in [-0.2, -0.15) is 0 Å². The molecule has 0 fully saturated rings. The van der Waals surface area contributed by atoms with E-state index in [-0.39, 0.29) is 11.9 Å². The Morgan fingerprint density at radius 3 is 3.11 bits per heavy atom. The van der Waals surface area contributed by atoms with E-state index in [0.717, 1.165) is 12.8 Å². The second-order valence-corrected chi connectivity index (χ2v) is 5.10. The third-order valence-corrected chi connectivity index (χ3v) is 3.86. The van der Waals surface area contributed by atoms with Crippen LogP contribution in [0.5, 0.6) is 0 Å². The van der Waals surface area contributed by atoms with Crippen molar-refractivity contribution in [3.05, 3.63) is 35.6 Å². The van der Waals surface area contributed by atoms with Gasteiger partial charge in [-0.3, -0.25) is 0 Å². The van der Waals surface area contributed by atoms with E-state index in [1.165, 1.54) is 25.5 Å². The van der Waals surface area contributed by atoms with Crippen LogP contribution >= 0.6 is 0 Å². The van der Waals surface area contributed by atoms with Crippen LogP contribution in [-0.2, 0) is 14.3 Å². The molecular formula is C16H22O3. The van der Waals surface area contributed by atoms with Gasteiger partial charge in [-0.1, -0.05) is 38.0 Å². The van der Waals surface area contributed by atoms with Crippen LogP contribution in [0.3, 0.4) is 0 Å². The largest absolute Gasteiger partial charge is 0.500 e. The lowest BCUT2D eigenvalue weighted by molar-refractivity contribution is -0.137. The maximum atomic E-state index is 11.7. The highest BCUT2D eigenvalue weighted by atomic mass is 16.5. The van der Waals surface area contributed by atoms with Crippen molar-refractivity contribution >= 4 is 5.97 Å². The molecule has 0 saturated heterocycles. The molecule has 0 aromatic carbocycles. The average Bonchev–Trinajstić information content (AvgIpc) is 2.86. The van der Waals surface area contributed by atoms with Gasteiger partial charge in [-0.15, -0.1) is 0 Å². The molecule has 0 aromatic rings. The molecule has 19 heavy (non-hydrogen) atoms. The van der Waals surface area contributed by atoms with Crippen molar-refractivity contribution in [1.82, 2.24) is 0 Å². The number of allylic oxidation sites excluding steroid dienone is 3. The van der Waals surface area contributed by atoms with Crippen LogP contribution in [-0.4, -0.2) is 19.7 Å². The van der Waals surface area contributed by atoms with Gasteiger partial charge in [0.25, 0.3) is 0 Å². The summed E-state index contributed by atoms with van der Waals surface area (Å²) in [5, 5.41) is 0. The van der Waals surface area contributed by atoms with Crippen molar-refractivity contribution in [2.45, 2.75) is 32.6 Å². The van der Waals surface area contributed by atoms with Crippen molar-refractivity contribution in [2.75, 3.05) is 13.7 Å². The van der Waals surface area contributed by atoms with Crippen LogP contribution in [0.1, 0.15) is 32.6 Å². The molecule has 2 atom stereocenters. The Morgan fingerprint density at radius 2 is 2.37 bits per heavy atom. The molecule has 2 unspecified atom stereocenters. The van der Waals surface area contributed by atoms with Crippen LogP contribution in [0.2, 0.25) is 0 Å². The molecule has 0 amide bonds. The summed E-state index contributed by atoms with van der Waals surface area (Å²) < 4.78 is 10.3. The molecule has 0 radical (unpaired) electrons. The van der Waals surface area contributed by atoms with Crippen molar-refractivity contribution in [3.63, 3.8) is 0 Å². The Bertz CT molecular complexity index is 418. The Morgan fingerprint density at radius 1 is 1.53 bits per heavy atom. The van der Waals surface area contributed by atoms with Gasteiger partial charge in [0, 0.05) is 11.8 Å². The maximum Gasteiger partial charge on any atom is 0.337 e. The molecule has 1 aliphatic carbocycles. The highest BCUT2D eigenvalue weighted by Gasteiger charge is 2.37. The molecule has 0 bridgehead atoms. The van der Waals surface area contributed by atoms with Gasteiger partial charge in [0.1, 0.15) is 0 Å². The monoisotopic (exact) mass is 262 g/mol. The zero-order valence-corrected chi connectivity index (χ0v) is 11.7. The molecule has 0 saturated carbocycles. The van der Waals surface area contributed by atoms with E-state index in [2.05, 4.69) is 25.2 Å². The number of methoxy groups -OCH3 is 1. The second kappa shape index (κ2) is 6.60. The van der Waals surface area contributed by atoms with Gasteiger partial charge in [0.2, 0.25) is 0 Å². The van der Waals surface area contributed by atoms with Crippen molar-refractivity contribution in [3.8, 4) is 0 Å². The molecule has 2 aliphatic rings. The Balaban J connectivity index is 2.00. The Kier molecular flexibility index (Phi) is 4.83. The van der Waals surface area contributed by atoms with Crippen molar-refractivity contribution in [1.29, 1.82) is 0 Å². The lowest BCUT2D eigenvalue weighted by Gasteiger charge is -2.27. The van der Waals surface area contributed by atoms with E-state index < -0.39 is 0 Å². The van der Waals surface area contributed by atoms with Crippen LogP contribution in [0.25, 0.3) is 0 Å². The molecule has 1 aliphatic heterocycles. The van der Waals surface area contributed by atoms with Crippen LogP contribution in [0, 0.1) is 11.8 Å². The molecular weight excluding hydrogens is 240 g/mol. The first-order chi connectivity index (χ1) is 9.27. The number of ether oxygens (including phenoxy) is 2. The lowest BCUT2D eigenvalue weighted by Crippen LogP contribution is -2.27. The van der Waals surface area contributed by atoms with Crippen LogP contribution in [0.4, 0.5) is 0 Å². The van der Waals surface area contributed by atoms with E-state index in [1.54, 1.807) is 6.26 Å². The SMILES string of the molecule is CCCC/C=C/C1=CCC2C(C(=O)OC)=COCC12. The summed E-state index contributed by atoms with van der Waals surface area (Å²) in [5.74, 6) is 0.267. The number of fused-ring (bicyclic) bond motifs is 1. The summed E-state index contributed by atoms with van der Waals surface area (Å²) in [6.07, 6.45) is 12.7. The smallest absolute Gasteiger partial charge is 0.337 e. The van der Waals surface area contributed by atoms with Crippen LogP contribution < -0.4 is 0 Å². The molecule has 3 nitrogen and oxygen atoms in total. The zero-order chi connectivity index (χ0) is 13.7. The van der Waals surface area contributed by atoms with Gasteiger partial charge in [0.05, 0.1) is 25.6 Å². The van der Waals surface area contributed by atoms with Gasteiger partial charge >= 0.3 is 5.97 Å². The topological polar surface area (TPSA) is 35.5 Å². The number of rotatable bonds is 5. The summed E-state index contributed by atoms with van der Waals surface area (Å²) in [7, 11) is 1.42. The van der Waals surface area contributed by atoms with E-state index >= 15 is 0 Å². The van der Waals surface area contributed by atoms with Crippen molar-refractivity contribution < 1.29 is 14.3 Å². The van der Waals surface area contributed by atoms with Gasteiger partial charge in [0.15, 0.2) is 0 Å². The van der Waals surface area contributed by atoms with E-state index in [4.69, 9.17) is 9.47 Å². The number of unbranched alkanes of at least 4 members (excludes halogenated alkanes) is 2. The molecule has 0 N–H and O–H groups in total. The average molecular weight is 262 g/mol. The summed E-state index contributed by atoms with van der Waals surface area (Å²) in [5.41, 5.74) is 1.97. The number of hydrogen-bond acceptors (Lipinski definition) is 3. The zero-order valence-electron chi connectivity index (χ0n) is 11.7. The fourth-order valence-electron chi connectivity index (χ4n) is 2.75. The Hall–Kier alpha value is -1.51. The number of carbonyl (C=O) groups is 1. The first kappa shape index (κ1) is 13.9. The molecule has 104 valence electrons. The second-order valence-electron chi connectivity index (χ2n) is 5.10. The van der Waals surface area contributed by atoms with E-state index in [0.29, 0.717) is 18.1 Å². The number of hydrogen-bond donors (Lipinski definition) is 0. The van der Waals surface area contributed by atoms with Gasteiger partial charge < -0.3 is 9.47 Å². The molecule has 2 rings (SSSR count). The standard InChI is InChI=1S/C16H22O3/c1-3-4-5-6-7-12-8-9-13-14(12)10-19-11-15(13)16(17)18-2/h6-8,11,13-14H,3-5,9-10H2,1-2H3/b7-6+. The van der Waals surface area contributed by atoms with E-state index in [1.807, 2.05) is 0 Å².